The largest absolute Gasteiger partial charge is 0.486 e. The second kappa shape index (κ2) is 5.47. The van der Waals surface area contributed by atoms with E-state index in [2.05, 4.69) is 29.4 Å². The second-order valence-corrected chi connectivity index (χ2v) is 5.15. The Morgan fingerprint density at radius 1 is 1.33 bits per heavy atom. The Hall–Kier alpha value is -2.50. The van der Waals surface area contributed by atoms with E-state index < -0.39 is 0 Å². The van der Waals surface area contributed by atoms with E-state index in [4.69, 9.17) is 9.47 Å². The second-order valence-electron chi connectivity index (χ2n) is 5.15. The Morgan fingerprint density at radius 3 is 2.90 bits per heavy atom. The molecule has 2 N–H and O–H groups in total. The number of H-pyrrole nitrogens is 1. The van der Waals surface area contributed by atoms with Gasteiger partial charge in [-0.3, -0.25) is 9.89 Å². The van der Waals surface area contributed by atoms with Crippen LogP contribution in [0.4, 0.5) is 5.82 Å². The Labute approximate surface area is 122 Å². The third-order valence-electron chi connectivity index (χ3n) is 3.27. The minimum atomic E-state index is -0.265. The van der Waals surface area contributed by atoms with Crippen molar-refractivity contribution in [3.63, 3.8) is 0 Å². The predicted molar refractivity (Wildman–Crippen MR) is 78.1 cm³/mol. The summed E-state index contributed by atoms with van der Waals surface area (Å²) >= 11 is 0. The van der Waals surface area contributed by atoms with Crippen molar-refractivity contribution in [2.45, 2.75) is 19.8 Å². The fourth-order valence-electron chi connectivity index (χ4n) is 2.13. The summed E-state index contributed by atoms with van der Waals surface area (Å²) in [4.78, 5) is 12.4. The molecule has 21 heavy (non-hydrogen) atoms. The van der Waals surface area contributed by atoms with Gasteiger partial charge in [-0.1, -0.05) is 19.9 Å². The highest BCUT2D eigenvalue weighted by molar-refractivity contribution is 6.06. The van der Waals surface area contributed by atoms with Crippen molar-refractivity contribution >= 4 is 11.7 Å². The van der Waals surface area contributed by atoms with Crippen LogP contribution >= 0.6 is 0 Å². The Balaban J connectivity index is 1.82. The molecule has 1 amide bonds. The van der Waals surface area contributed by atoms with Gasteiger partial charge < -0.3 is 14.8 Å². The first kappa shape index (κ1) is 13.5. The number of carbonyl (C=O) groups excluding carboxylic acids is 1. The molecule has 1 aromatic carbocycles. The van der Waals surface area contributed by atoms with Gasteiger partial charge in [0.05, 0.1) is 5.56 Å². The average Bonchev–Trinajstić information content (AvgIpc) is 2.95. The van der Waals surface area contributed by atoms with Gasteiger partial charge in [0.15, 0.2) is 17.3 Å². The molecule has 3 rings (SSSR count). The number of rotatable bonds is 3. The number of hydrogen-bond acceptors (Lipinski definition) is 4. The van der Waals surface area contributed by atoms with Crippen molar-refractivity contribution in [1.82, 2.24) is 10.2 Å². The van der Waals surface area contributed by atoms with Crippen molar-refractivity contribution in [2.75, 3.05) is 18.5 Å². The molecule has 0 saturated heterocycles. The van der Waals surface area contributed by atoms with Crippen molar-refractivity contribution in [3.05, 3.63) is 35.5 Å². The Bertz CT molecular complexity index is 664. The van der Waals surface area contributed by atoms with Gasteiger partial charge in [-0.15, -0.1) is 0 Å². The van der Waals surface area contributed by atoms with E-state index in [1.807, 2.05) is 6.07 Å². The SMILES string of the molecule is CC(C)c1cc(NC(=O)c2cccc3c2OCCO3)n[nH]1. The lowest BCUT2D eigenvalue weighted by Gasteiger charge is -2.20. The maximum Gasteiger partial charge on any atom is 0.260 e. The van der Waals surface area contributed by atoms with Gasteiger partial charge >= 0.3 is 0 Å². The Morgan fingerprint density at radius 2 is 2.14 bits per heavy atom. The van der Waals surface area contributed by atoms with Gasteiger partial charge in [0.1, 0.15) is 13.2 Å². The lowest BCUT2D eigenvalue weighted by Crippen LogP contribution is -2.20. The van der Waals surface area contributed by atoms with Gasteiger partial charge in [-0.2, -0.15) is 5.10 Å². The molecule has 2 heterocycles. The maximum atomic E-state index is 12.4. The zero-order valence-corrected chi connectivity index (χ0v) is 12.0. The minimum absolute atomic E-state index is 0.265. The number of nitrogens with one attached hydrogen (secondary N) is 2. The lowest BCUT2D eigenvalue weighted by atomic mass is 10.1. The fourth-order valence-corrected chi connectivity index (χ4v) is 2.13. The molecule has 6 nitrogen and oxygen atoms in total. The average molecular weight is 287 g/mol. The maximum absolute atomic E-state index is 12.4. The number of nitrogens with zero attached hydrogens (tertiary/aromatic N) is 1. The van der Waals surface area contributed by atoms with E-state index >= 15 is 0 Å². The van der Waals surface area contributed by atoms with Crippen LogP contribution in [0.2, 0.25) is 0 Å². The van der Waals surface area contributed by atoms with Crippen LogP contribution in [-0.2, 0) is 0 Å². The van der Waals surface area contributed by atoms with Crippen LogP contribution in [0.1, 0.15) is 35.8 Å². The number of amides is 1. The number of anilines is 1. The number of aromatic nitrogens is 2. The molecular weight excluding hydrogens is 270 g/mol. The molecule has 0 radical (unpaired) electrons. The number of fused-ring (bicyclic) bond motifs is 1. The molecule has 0 unspecified atom stereocenters. The van der Waals surface area contributed by atoms with Crippen molar-refractivity contribution in [2.24, 2.45) is 0 Å². The molecule has 0 fully saturated rings. The summed E-state index contributed by atoms with van der Waals surface area (Å²) in [6, 6.07) is 7.09. The zero-order chi connectivity index (χ0) is 14.8. The third kappa shape index (κ3) is 2.69. The molecule has 0 aliphatic carbocycles. The van der Waals surface area contributed by atoms with Crippen molar-refractivity contribution in [3.8, 4) is 11.5 Å². The summed E-state index contributed by atoms with van der Waals surface area (Å²) in [5.41, 5.74) is 1.42. The minimum Gasteiger partial charge on any atom is -0.486 e. The van der Waals surface area contributed by atoms with Gasteiger partial charge in [-0.25, -0.2) is 0 Å². The van der Waals surface area contributed by atoms with Crippen LogP contribution in [-0.4, -0.2) is 29.3 Å². The first-order valence-electron chi connectivity index (χ1n) is 6.90. The fraction of sp³-hybridized carbons (Fsp3) is 0.333. The van der Waals surface area contributed by atoms with E-state index in [1.165, 1.54) is 0 Å². The van der Waals surface area contributed by atoms with Crippen molar-refractivity contribution < 1.29 is 14.3 Å². The van der Waals surface area contributed by atoms with Crippen LogP contribution in [0, 0.1) is 0 Å². The van der Waals surface area contributed by atoms with Crippen LogP contribution < -0.4 is 14.8 Å². The van der Waals surface area contributed by atoms with E-state index in [0.29, 0.717) is 42.0 Å². The number of para-hydroxylation sites is 1. The van der Waals surface area contributed by atoms with Gasteiger partial charge in [0.2, 0.25) is 0 Å². The predicted octanol–water partition coefficient (Wildman–Crippen LogP) is 2.56. The highest BCUT2D eigenvalue weighted by atomic mass is 16.6. The first-order valence-corrected chi connectivity index (χ1v) is 6.90. The molecule has 1 aromatic heterocycles. The monoisotopic (exact) mass is 287 g/mol. The van der Waals surface area contributed by atoms with Crippen LogP contribution in [0.3, 0.4) is 0 Å². The van der Waals surface area contributed by atoms with Gasteiger partial charge in [-0.05, 0) is 18.1 Å². The van der Waals surface area contributed by atoms with Crippen molar-refractivity contribution in [1.29, 1.82) is 0 Å². The smallest absolute Gasteiger partial charge is 0.260 e. The summed E-state index contributed by atoms with van der Waals surface area (Å²) in [5, 5.41) is 9.76. The molecule has 0 spiro atoms. The van der Waals surface area contributed by atoms with Gasteiger partial charge in [0.25, 0.3) is 5.91 Å². The first-order chi connectivity index (χ1) is 10.1. The van der Waals surface area contributed by atoms with E-state index in [0.717, 1.165) is 5.69 Å². The summed E-state index contributed by atoms with van der Waals surface area (Å²) in [6.07, 6.45) is 0. The highest BCUT2D eigenvalue weighted by Crippen LogP contribution is 2.33. The molecule has 0 atom stereocenters. The number of ether oxygens (including phenoxy) is 2. The topological polar surface area (TPSA) is 76.2 Å². The third-order valence-corrected chi connectivity index (χ3v) is 3.27. The molecule has 0 saturated carbocycles. The molecule has 2 aromatic rings. The van der Waals surface area contributed by atoms with E-state index in [1.54, 1.807) is 18.2 Å². The molecule has 110 valence electrons. The summed E-state index contributed by atoms with van der Waals surface area (Å²) in [7, 11) is 0. The number of aromatic amines is 1. The quantitative estimate of drug-likeness (QED) is 0.909. The van der Waals surface area contributed by atoms with Crippen LogP contribution in [0.5, 0.6) is 11.5 Å². The summed E-state index contributed by atoms with van der Waals surface area (Å²) in [6.45, 7) is 5.04. The van der Waals surface area contributed by atoms with Crippen LogP contribution in [0.15, 0.2) is 24.3 Å². The molecule has 1 aliphatic heterocycles. The van der Waals surface area contributed by atoms with Crippen LogP contribution in [0.25, 0.3) is 0 Å². The number of benzene rings is 1. The normalized spacial score (nSPS) is 13.3. The van der Waals surface area contributed by atoms with E-state index in [-0.39, 0.29) is 5.91 Å². The Kier molecular flexibility index (Phi) is 3.51. The molecule has 0 bridgehead atoms. The lowest BCUT2D eigenvalue weighted by molar-refractivity contribution is 0.101. The summed E-state index contributed by atoms with van der Waals surface area (Å²) < 4.78 is 11.0. The number of carbonyl (C=O) groups is 1. The standard InChI is InChI=1S/C15H17N3O3/c1-9(2)11-8-13(18-17-11)16-15(19)10-4-3-5-12-14(10)21-7-6-20-12/h3-5,8-9H,6-7H2,1-2H3,(H2,16,17,18,19). The highest BCUT2D eigenvalue weighted by Gasteiger charge is 2.21. The molecule has 6 heteroatoms. The number of hydrogen-bond donors (Lipinski definition) is 2. The van der Waals surface area contributed by atoms with E-state index in [9.17, 15) is 4.79 Å². The van der Waals surface area contributed by atoms with Gasteiger partial charge in [0, 0.05) is 11.8 Å². The zero-order valence-electron chi connectivity index (χ0n) is 12.0. The molecule has 1 aliphatic rings. The summed E-state index contributed by atoms with van der Waals surface area (Å²) in [5.74, 6) is 1.64. The molecular formula is C15H17N3O3.